The highest BCUT2D eigenvalue weighted by molar-refractivity contribution is 7.89. The van der Waals surface area contributed by atoms with E-state index in [2.05, 4.69) is 15.5 Å². The van der Waals surface area contributed by atoms with Crippen molar-refractivity contribution in [2.24, 2.45) is 0 Å². The molecule has 1 N–H and O–H groups in total. The van der Waals surface area contributed by atoms with E-state index < -0.39 is 10.0 Å². The van der Waals surface area contributed by atoms with E-state index in [0.29, 0.717) is 39.8 Å². The molecule has 172 valence electrons. The van der Waals surface area contributed by atoms with Crippen molar-refractivity contribution < 1.29 is 8.42 Å². The van der Waals surface area contributed by atoms with Gasteiger partial charge in [-0.05, 0) is 49.1 Å². The molecule has 33 heavy (non-hydrogen) atoms. The van der Waals surface area contributed by atoms with Crippen LogP contribution in [-0.2, 0) is 10.0 Å². The van der Waals surface area contributed by atoms with Gasteiger partial charge in [0.2, 0.25) is 10.0 Å². The molecule has 0 spiro atoms. The SMILES string of the molecule is O=S(=O)(c1ccccc1)N1CC=C(c2nnc(NC3CCCC3)c3cc(Cl)c(Cl)cc23)CC1. The van der Waals surface area contributed by atoms with E-state index in [1.807, 2.05) is 18.2 Å². The van der Waals surface area contributed by atoms with Crippen LogP contribution in [0.2, 0.25) is 10.0 Å². The number of sulfonamides is 1. The lowest BCUT2D eigenvalue weighted by atomic mass is 10.00. The smallest absolute Gasteiger partial charge is 0.243 e. The number of anilines is 1. The van der Waals surface area contributed by atoms with E-state index in [1.54, 1.807) is 30.3 Å². The maximum atomic E-state index is 13.0. The van der Waals surface area contributed by atoms with Gasteiger partial charge in [-0.1, -0.05) is 60.3 Å². The van der Waals surface area contributed by atoms with Gasteiger partial charge in [-0.2, -0.15) is 4.31 Å². The molecule has 1 aliphatic carbocycles. The van der Waals surface area contributed by atoms with Gasteiger partial charge in [0, 0.05) is 29.9 Å². The zero-order valence-corrected chi connectivity index (χ0v) is 20.3. The van der Waals surface area contributed by atoms with Gasteiger partial charge in [0.05, 0.1) is 20.6 Å². The van der Waals surface area contributed by atoms with Crippen LogP contribution in [0.4, 0.5) is 5.82 Å². The Balaban J connectivity index is 1.48. The van der Waals surface area contributed by atoms with Crippen molar-refractivity contribution >= 4 is 55.4 Å². The van der Waals surface area contributed by atoms with Gasteiger partial charge in [0.25, 0.3) is 0 Å². The quantitative estimate of drug-likeness (QED) is 0.479. The Morgan fingerprint density at radius 2 is 1.67 bits per heavy atom. The number of rotatable bonds is 5. The number of hydrogen-bond acceptors (Lipinski definition) is 5. The second kappa shape index (κ2) is 9.22. The van der Waals surface area contributed by atoms with Gasteiger partial charge in [0.1, 0.15) is 0 Å². The first kappa shape index (κ1) is 22.6. The Kier molecular flexibility index (Phi) is 6.31. The highest BCUT2D eigenvalue weighted by Crippen LogP contribution is 2.37. The fourth-order valence-corrected chi connectivity index (χ4v) is 6.31. The summed E-state index contributed by atoms with van der Waals surface area (Å²) in [5.41, 5.74) is 1.68. The summed E-state index contributed by atoms with van der Waals surface area (Å²) in [4.78, 5) is 0.302. The van der Waals surface area contributed by atoms with Crippen molar-refractivity contribution in [3.8, 4) is 0 Å². The number of halogens is 2. The molecule has 2 aliphatic rings. The van der Waals surface area contributed by atoms with Crippen molar-refractivity contribution in [2.45, 2.75) is 43.0 Å². The number of fused-ring (bicyclic) bond motifs is 1. The largest absolute Gasteiger partial charge is 0.365 e. The van der Waals surface area contributed by atoms with Crippen LogP contribution in [0.5, 0.6) is 0 Å². The zero-order chi connectivity index (χ0) is 23.0. The van der Waals surface area contributed by atoms with E-state index in [9.17, 15) is 8.42 Å². The lowest BCUT2D eigenvalue weighted by Gasteiger charge is -2.26. The molecule has 2 heterocycles. The lowest BCUT2D eigenvalue weighted by molar-refractivity contribution is 0.441. The van der Waals surface area contributed by atoms with Gasteiger partial charge in [-0.25, -0.2) is 8.42 Å². The van der Waals surface area contributed by atoms with E-state index in [1.165, 1.54) is 17.1 Å². The normalized spacial score (nSPS) is 17.9. The van der Waals surface area contributed by atoms with Crippen LogP contribution in [-0.4, -0.2) is 42.1 Å². The minimum absolute atomic E-state index is 0.277. The standard InChI is InChI=1S/C24H24Cl2N4O2S/c25-21-14-19-20(15-22(21)26)24(27-17-6-4-5-7-17)29-28-23(19)16-10-12-30(13-11-16)33(31,32)18-8-2-1-3-9-18/h1-3,8-10,14-15,17H,4-7,11-13H2,(H,27,29). The molecule has 1 aromatic heterocycles. The molecule has 6 nitrogen and oxygen atoms in total. The summed E-state index contributed by atoms with van der Waals surface area (Å²) in [6.07, 6.45) is 7.10. The summed E-state index contributed by atoms with van der Waals surface area (Å²) in [5.74, 6) is 0.712. The molecular formula is C24H24Cl2N4O2S. The fourth-order valence-electron chi connectivity index (χ4n) is 4.58. The molecule has 0 atom stereocenters. The minimum atomic E-state index is -3.54. The van der Waals surface area contributed by atoms with Crippen molar-refractivity contribution in [3.63, 3.8) is 0 Å². The van der Waals surface area contributed by atoms with E-state index in [0.717, 1.165) is 34.9 Å². The van der Waals surface area contributed by atoms with Crippen LogP contribution < -0.4 is 5.32 Å². The maximum absolute atomic E-state index is 13.0. The Hall–Kier alpha value is -2.19. The van der Waals surface area contributed by atoms with Crippen LogP contribution in [0.25, 0.3) is 16.3 Å². The number of aromatic nitrogens is 2. The van der Waals surface area contributed by atoms with Gasteiger partial charge in [-0.15, -0.1) is 10.2 Å². The summed E-state index contributed by atoms with van der Waals surface area (Å²) < 4.78 is 27.4. The number of nitrogens with one attached hydrogen (secondary N) is 1. The highest BCUT2D eigenvalue weighted by Gasteiger charge is 2.27. The van der Waals surface area contributed by atoms with Crippen LogP contribution in [0.15, 0.2) is 53.4 Å². The molecule has 3 aromatic rings. The first-order valence-electron chi connectivity index (χ1n) is 11.1. The second-order valence-corrected chi connectivity index (χ2v) is 11.2. The van der Waals surface area contributed by atoms with E-state index in [-0.39, 0.29) is 6.54 Å². The van der Waals surface area contributed by atoms with Gasteiger partial charge < -0.3 is 5.32 Å². The fraction of sp³-hybridized carbons (Fsp3) is 0.333. The van der Waals surface area contributed by atoms with Crippen LogP contribution in [0.1, 0.15) is 37.8 Å². The molecule has 0 saturated heterocycles. The Morgan fingerprint density at radius 3 is 2.33 bits per heavy atom. The summed E-state index contributed by atoms with van der Waals surface area (Å²) in [5, 5.41) is 15.2. The summed E-state index contributed by atoms with van der Waals surface area (Å²) in [7, 11) is -3.54. The molecule has 0 unspecified atom stereocenters. The predicted molar refractivity (Wildman–Crippen MR) is 133 cm³/mol. The average molecular weight is 503 g/mol. The predicted octanol–water partition coefficient (Wildman–Crippen LogP) is 5.77. The highest BCUT2D eigenvalue weighted by atomic mass is 35.5. The molecule has 5 rings (SSSR count). The van der Waals surface area contributed by atoms with Gasteiger partial charge >= 0.3 is 0 Å². The van der Waals surface area contributed by atoms with Crippen molar-refractivity contribution in [2.75, 3.05) is 18.4 Å². The zero-order valence-electron chi connectivity index (χ0n) is 18.0. The van der Waals surface area contributed by atoms with Crippen molar-refractivity contribution in [1.29, 1.82) is 0 Å². The van der Waals surface area contributed by atoms with Gasteiger partial charge in [-0.3, -0.25) is 0 Å². The van der Waals surface area contributed by atoms with Crippen molar-refractivity contribution in [1.82, 2.24) is 14.5 Å². The van der Waals surface area contributed by atoms with E-state index >= 15 is 0 Å². The van der Waals surface area contributed by atoms with Crippen LogP contribution in [0.3, 0.4) is 0 Å². The molecule has 9 heteroatoms. The molecule has 1 aliphatic heterocycles. The third-order valence-electron chi connectivity index (χ3n) is 6.37. The molecule has 2 aromatic carbocycles. The van der Waals surface area contributed by atoms with E-state index in [4.69, 9.17) is 23.2 Å². The maximum Gasteiger partial charge on any atom is 0.243 e. The van der Waals surface area contributed by atoms with Crippen LogP contribution in [0, 0.1) is 0 Å². The summed E-state index contributed by atoms with van der Waals surface area (Å²) in [6, 6.07) is 12.6. The number of hydrogen-bond donors (Lipinski definition) is 1. The Morgan fingerprint density at radius 1 is 0.970 bits per heavy atom. The second-order valence-electron chi connectivity index (χ2n) is 8.49. The molecule has 0 amide bonds. The summed E-state index contributed by atoms with van der Waals surface area (Å²) >= 11 is 12.7. The molecule has 1 saturated carbocycles. The Labute approximate surface area is 203 Å². The van der Waals surface area contributed by atoms with Crippen molar-refractivity contribution in [3.05, 3.63) is 64.3 Å². The first-order chi connectivity index (χ1) is 15.9. The molecule has 1 fully saturated rings. The topological polar surface area (TPSA) is 75.2 Å². The number of nitrogens with zero attached hydrogens (tertiary/aromatic N) is 3. The van der Waals surface area contributed by atoms with Crippen LogP contribution >= 0.6 is 23.2 Å². The monoisotopic (exact) mass is 502 g/mol. The third kappa shape index (κ3) is 4.47. The third-order valence-corrected chi connectivity index (χ3v) is 8.98. The lowest BCUT2D eigenvalue weighted by Crippen LogP contribution is -2.34. The average Bonchev–Trinajstić information content (AvgIpc) is 3.34. The first-order valence-corrected chi connectivity index (χ1v) is 13.3. The molecule has 0 bridgehead atoms. The summed E-state index contributed by atoms with van der Waals surface area (Å²) in [6.45, 7) is 0.648. The minimum Gasteiger partial charge on any atom is -0.365 e. The molecule has 0 radical (unpaired) electrons. The molecular weight excluding hydrogens is 479 g/mol. The Bertz CT molecular complexity index is 1320. The number of benzene rings is 2. The van der Waals surface area contributed by atoms with Gasteiger partial charge in [0.15, 0.2) is 5.82 Å².